The number of sulfonamides is 1. The summed E-state index contributed by atoms with van der Waals surface area (Å²) in [4.78, 5) is 17.2. The molecule has 1 fully saturated rings. The van der Waals surface area contributed by atoms with Crippen molar-refractivity contribution in [1.29, 1.82) is 0 Å². The van der Waals surface area contributed by atoms with Crippen LogP contribution >= 0.6 is 23.2 Å². The third-order valence-corrected chi connectivity index (χ3v) is 8.12. The molecule has 35 heavy (non-hydrogen) atoms. The number of amides is 1. The number of anilines is 2. The molecule has 0 saturated carbocycles. The average molecular weight is 534 g/mol. The van der Waals surface area contributed by atoms with Crippen LogP contribution in [-0.4, -0.2) is 59.1 Å². The lowest BCUT2D eigenvalue weighted by atomic mass is 10.2. The van der Waals surface area contributed by atoms with Crippen molar-refractivity contribution in [3.05, 3.63) is 82.8 Å². The molecule has 0 radical (unpaired) electrons. The molecule has 1 aliphatic rings. The number of carbonyl (C=O) groups is 1. The van der Waals surface area contributed by atoms with E-state index in [1.54, 1.807) is 41.3 Å². The molecule has 3 aromatic rings. The second-order valence-electron chi connectivity index (χ2n) is 8.01. The van der Waals surface area contributed by atoms with E-state index in [9.17, 15) is 13.2 Å². The van der Waals surface area contributed by atoms with Crippen molar-refractivity contribution in [2.75, 3.05) is 49.0 Å². The van der Waals surface area contributed by atoms with Crippen molar-refractivity contribution in [3.63, 3.8) is 0 Å². The van der Waals surface area contributed by atoms with Crippen LogP contribution in [0.4, 0.5) is 11.4 Å². The third-order valence-electron chi connectivity index (χ3n) is 5.85. The number of hydrogen-bond donors (Lipinski definition) is 0. The summed E-state index contributed by atoms with van der Waals surface area (Å²) >= 11 is 12.1. The fraction of sp³-hybridized carbons (Fsp3) is 0.240. The van der Waals surface area contributed by atoms with Gasteiger partial charge in [-0.1, -0.05) is 29.3 Å². The normalized spacial score (nSPS) is 14.0. The minimum absolute atomic E-state index is 0.0619. The number of piperazine rings is 1. The van der Waals surface area contributed by atoms with Gasteiger partial charge in [-0.05, 0) is 66.7 Å². The van der Waals surface area contributed by atoms with Gasteiger partial charge in [0.2, 0.25) is 5.91 Å². The highest BCUT2D eigenvalue weighted by Gasteiger charge is 2.30. The van der Waals surface area contributed by atoms with Crippen LogP contribution in [0.3, 0.4) is 0 Å². The van der Waals surface area contributed by atoms with E-state index in [0.717, 1.165) is 9.99 Å². The van der Waals surface area contributed by atoms with Crippen molar-refractivity contribution in [3.8, 4) is 5.75 Å². The molecule has 0 unspecified atom stereocenters. The van der Waals surface area contributed by atoms with Gasteiger partial charge in [0.05, 0.1) is 17.7 Å². The quantitative estimate of drug-likeness (QED) is 0.445. The largest absolute Gasteiger partial charge is 0.497 e. The maximum absolute atomic E-state index is 13.6. The average Bonchev–Trinajstić information content (AvgIpc) is 2.88. The van der Waals surface area contributed by atoms with E-state index in [2.05, 4.69) is 4.90 Å². The molecule has 1 aliphatic heterocycles. The van der Waals surface area contributed by atoms with E-state index in [0.29, 0.717) is 47.7 Å². The van der Waals surface area contributed by atoms with Crippen LogP contribution < -0.4 is 13.9 Å². The predicted octanol–water partition coefficient (Wildman–Crippen LogP) is 4.55. The van der Waals surface area contributed by atoms with Crippen molar-refractivity contribution >= 4 is 50.5 Å². The number of ether oxygens (including phenoxy) is 1. The molecule has 0 bridgehead atoms. The smallest absolute Gasteiger partial charge is 0.264 e. The molecule has 1 amide bonds. The van der Waals surface area contributed by atoms with E-state index in [4.69, 9.17) is 27.9 Å². The maximum Gasteiger partial charge on any atom is 0.264 e. The summed E-state index contributed by atoms with van der Waals surface area (Å²) in [7, 11) is -2.51. The van der Waals surface area contributed by atoms with Gasteiger partial charge in [-0.3, -0.25) is 9.10 Å². The molecule has 10 heteroatoms. The highest BCUT2D eigenvalue weighted by Crippen LogP contribution is 2.27. The molecule has 7 nitrogen and oxygen atoms in total. The fourth-order valence-corrected chi connectivity index (χ4v) is 5.63. The van der Waals surface area contributed by atoms with Gasteiger partial charge in [-0.2, -0.15) is 0 Å². The molecular formula is C25H25Cl2N3O4S. The van der Waals surface area contributed by atoms with Gasteiger partial charge in [0.1, 0.15) is 12.3 Å². The van der Waals surface area contributed by atoms with Crippen LogP contribution in [-0.2, 0) is 14.8 Å². The number of hydrogen-bond acceptors (Lipinski definition) is 5. The Morgan fingerprint density at radius 1 is 0.914 bits per heavy atom. The van der Waals surface area contributed by atoms with Gasteiger partial charge < -0.3 is 14.5 Å². The summed E-state index contributed by atoms with van der Waals surface area (Å²) in [5.74, 6) is 0.262. The Kier molecular flexibility index (Phi) is 7.74. The first-order valence-electron chi connectivity index (χ1n) is 11.0. The molecule has 0 aliphatic carbocycles. The lowest BCUT2D eigenvalue weighted by molar-refractivity contribution is -0.129. The fourth-order valence-electron chi connectivity index (χ4n) is 3.91. The summed E-state index contributed by atoms with van der Waals surface area (Å²) in [5, 5.41) is 1.13. The number of nitrogens with zero attached hydrogens (tertiary/aromatic N) is 3. The van der Waals surface area contributed by atoms with Crippen molar-refractivity contribution in [1.82, 2.24) is 4.90 Å². The van der Waals surface area contributed by atoms with Crippen LogP contribution in [0.1, 0.15) is 0 Å². The zero-order chi connectivity index (χ0) is 25.0. The summed E-state index contributed by atoms with van der Waals surface area (Å²) in [6.07, 6.45) is 0. The summed E-state index contributed by atoms with van der Waals surface area (Å²) in [5.41, 5.74) is 1.35. The number of halogens is 2. The van der Waals surface area contributed by atoms with Crippen molar-refractivity contribution in [2.24, 2.45) is 0 Å². The van der Waals surface area contributed by atoms with Crippen LogP contribution in [0.5, 0.6) is 5.75 Å². The minimum Gasteiger partial charge on any atom is -0.497 e. The Balaban J connectivity index is 1.53. The molecular weight excluding hydrogens is 509 g/mol. The molecule has 1 heterocycles. The lowest BCUT2D eigenvalue weighted by Gasteiger charge is -2.37. The van der Waals surface area contributed by atoms with Gasteiger partial charge in [0.15, 0.2) is 0 Å². The van der Waals surface area contributed by atoms with Gasteiger partial charge in [0, 0.05) is 41.9 Å². The van der Waals surface area contributed by atoms with Crippen molar-refractivity contribution < 1.29 is 17.9 Å². The summed E-state index contributed by atoms with van der Waals surface area (Å²) in [6, 6.07) is 20.0. The van der Waals surface area contributed by atoms with Crippen LogP contribution in [0, 0.1) is 0 Å². The first kappa shape index (κ1) is 25.2. The van der Waals surface area contributed by atoms with E-state index in [1.165, 1.54) is 19.2 Å². The highest BCUT2D eigenvalue weighted by molar-refractivity contribution is 7.92. The van der Waals surface area contributed by atoms with Crippen LogP contribution in [0.15, 0.2) is 77.7 Å². The number of benzene rings is 3. The van der Waals surface area contributed by atoms with E-state index < -0.39 is 10.0 Å². The Bertz CT molecular complexity index is 1280. The van der Waals surface area contributed by atoms with E-state index >= 15 is 0 Å². The van der Waals surface area contributed by atoms with Gasteiger partial charge in [-0.25, -0.2) is 8.42 Å². The predicted molar refractivity (Wildman–Crippen MR) is 139 cm³/mol. The highest BCUT2D eigenvalue weighted by atomic mass is 35.5. The number of methoxy groups -OCH3 is 1. The Morgan fingerprint density at radius 3 is 2.17 bits per heavy atom. The molecule has 0 N–H and O–H groups in total. The third kappa shape index (κ3) is 5.83. The Labute approximate surface area is 215 Å². The first-order valence-corrected chi connectivity index (χ1v) is 13.2. The number of rotatable bonds is 7. The molecule has 3 aromatic carbocycles. The Hall–Kier alpha value is -2.94. The summed E-state index contributed by atoms with van der Waals surface area (Å²) < 4.78 is 33.4. The number of carbonyl (C=O) groups excluding carboxylic acids is 1. The van der Waals surface area contributed by atoms with Crippen LogP contribution in [0.25, 0.3) is 0 Å². The second-order valence-corrected chi connectivity index (χ2v) is 10.7. The topological polar surface area (TPSA) is 70.2 Å². The molecule has 0 aromatic heterocycles. The first-order chi connectivity index (χ1) is 16.8. The maximum atomic E-state index is 13.6. The Morgan fingerprint density at radius 2 is 1.57 bits per heavy atom. The lowest BCUT2D eigenvalue weighted by Crippen LogP contribution is -2.52. The summed E-state index contributed by atoms with van der Waals surface area (Å²) in [6.45, 7) is 1.87. The SMILES string of the molecule is COc1ccc(S(=O)(=O)N(CC(=O)N2CCN(c3cccc(Cl)c3)CC2)c2ccc(Cl)cc2)cc1. The van der Waals surface area contributed by atoms with E-state index in [-0.39, 0.29) is 17.3 Å². The minimum atomic E-state index is -4.02. The second kappa shape index (κ2) is 10.8. The van der Waals surface area contributed by atoms with Gasteiger partial charge >= 0.3 is 0 Å². The van der Waals surface area contributed by atoms with Gasteiger partial charge in [0.25, 0.3) is 10.0 Å². The zero-order valence-corrected chi connectivity index (χ0v) is 21.4. The van der Waals surface area contributed by atoms with Crippen LogP contribution in [0.2, 0.25) is 10.0 Å². The molecule has 0 atom stereocenters. The van der Waals surface area contributed by atoms with Gasteiger partial charge in [-0.15, -0.1) is 0 Å². The molecule has 0 spiro atoms. The standard InChI is InChI=1S/C25H25Cl2N3O4S/c1-34-23-9-11-24(12-10-23)35(32,33)30(21-7-5-19(26)6-8-21)18-25(31)29-15-13-28(14-16-29)22-4-2-3-20(27)17-22/h2-12,17H,13-16,18H2,1H3. The molecule has 1 saturated heterocycles. The zero-order valence-electron chi connectivity index (χ0n) is 19.1. The monoisotopic (exact) mass is 533 g/mol. The van der Waals surface area contributed by atoms with Crippen molar-refractivity contribution in [2.45, 2.75) is 4.90 Å². The van der Waals surface area contributed by atoms with E-state index in [1.807, 2.05) is 24.3 Å². The molecule has 184 valence electrons. The molecule has 4 rings (SSSR count).